The van der Waals surface area contributed by atoms with Gasteiger partial charge in [0.25, 0.3) is 0 Å². The highest BCUT2D eigenvalue weighted by Crippen LogP contribution is 2.27. The van der Waals surface area contributed by atoms with Crippen molar-refractivity contribution in [1.29, 1.82) is 0 Å². The smallest absolute Gasteiger partial charge is 0.104 e. The van der Waals surface area contributed by atoms with E-state index in [4.69, 9.17) is 0 Å². The number of rotatable bonds is 3. The molecule has 2 aromatic rings. The van der Waals surface area contributed by atoms with Crippen LogP contribution in [0, 0.1) is 5.92 Å². The summed E-state index contributed by atoms with van der Waals surface area (Å²) in [5, 5.41) is 0. The third kappa shape index (κ3) is 2.86. The Morgan fingerprint density at radius 1 is 1.18 bits per heavy atom. The van der Waals surface area contributed by atoms with Crippen molar-refractivity contribution in [3.8, 4) is 0 Å². The molecule has 1 heterocycles. The van der Waals surface area contributed by atoms with E-state index in [1.165, 1.54) is 6.42 Å². The molecule has 2 nitrogen and oxygen atoms in total. The van der Waals surface area contributed by atoms with E-state index in [0.29, 0.717) is 5.92 Å². The van der Waals surface area contributed by atoms with Gasteiger partial charge in [-0.2, -0.15) is 0 Å². The van der Waals surface area contributed by atoms with Crippen LogP contribution in [0.15, 0.2) is 27.3 Å². The van der Waals surface area contributed by atoms with Gasteiger partial charge in [-0.25, -0.2) is 4.98 Å². The molecule has 1 aromatic heterocycles. The molecule has 0 radical (unpaired) electrons. The highest BCUT2D eigenvalue weighted by atomic mass is 79.9. The lowest BCUT2D eigenvalue weighted by Gasteiger charge is -2.09. The lowest BCUT2D eigenvalue weighted by atomic mass is 10.0. The highest BCUT2D eigenvalue weighted by Gasteiger charge is 2.08. The minimum Gasteiger partial charge on any atom is -0.251 e. The zero-order valence-electron chi connectivity index (χ0n) is 9.87. The first-order valence-electron chi connectivity index (χ1n) is 5.71. The summed E-state index contributed by atoms with van der Waals surface area (Å²) in [6.45, 7) is 4.44. The van der Waals surface area contributed by atoms with Crippen molar-refractivity contribution in [3.05, 3.63) is 33.0 Å². The summed E-state index contributed by atoms with van der Waals surface area (Å²) in [4.78, 5) is 9.17. The molecule has 90 valence electrons. The Hall–Kier alpha value is -0.480. The first-order valence-corrected chi connectivity index (χ1v) is 7.30. The van der Waals surface area contributed by atoms with Gasteiger partial charge in [0.2, 0.25) is 0 Å². The molecule has 0 aliphatic carbocycles. The first-order chi connectivity index (χ1) is 8.11. The van der Waals surface area contributed by atoms with Crippen molar-refractivity contribution in [3.63, 3.8) is 0 Å². The van der Waals surface area contributed by atoms with Gasteiger partial charge in [-0.1, -0.05) is 20.3 Å². The van der Waals surface area contributed by atoms with Gasteiger partial charge in [0.15, 0.2) is 0 Å². The highest BCUT2D eigenvalue weighted by molar-refractivity contribution is 9.11. The van der Waals surface area contributed by atoms with Gasteiger partial charge in [-0.3, -0.25) is 4.98 Å². The zero-order chi connectivity index (χ0) is 12.4. The second kappa shape index (κ2) is 5.44. The van der Waals surface area contributed by atoms with E-state index >= 15 is 0 Å². The molecule has 1 atom stereocenters. The van der Waals surface area contributed by atoms with E-state index < -0.39 is 0 Å². The summed E-state index contributed by atoms with van der Waals surface area (Å²) < 4.78 is 1.98. The molecule has 0 saturated carbocycles. The summed E-state index contributed by atoms with van der Waals surface area (Å²) in [5.41, 5.74) is 2.90. The number of fused-ring (bicyclic) bond motifs is 1. The minimum absolute atomic E-state index is 0.646. The van der Waals surface area contributed by atoms with Crippen molar-refractivity contribution < 1.29 is 0 Å². The fourth-order valence-corrected chi connectivity index (χ4v) is 2.50. The molecule has 0 aliphatic heterocycles. The lowest BCUT2D eigenvalue weighted by Crippen LogP contribution is -2.01. The molecular weight excluding hydrogens is 344 g/mol. The standard InChI is InChI=1S/C13H14Br2N2/c1-3-8(2)6-9-7-16-12-10(14)4-5-11(15)13(12)17-9/h4-5,7-8H,3,6H2,1-2H3. The first kappa shape index (κ1) is 13.0. The summed E-state index contributed by atoms with van der Waals surface area (Å²) >= 11 is 7.02. The maximum absolute atomic E-state index is 4.68. The second-order valence-corrected chi connectivity index (χ2v) is 6.01. The van der Waals surface area contributed by atoms with Crippen LogP contribution in [0.2, 0.25) is 0 Å². The van der Waals surface area contributed by atoms with Gasteiger partial charge in [0.1, 0.15) is 11.0 Å². The summed E-state index contributed by atoms with van der Waals surface area (Å²) in [6, 6.07) is 3.98. The third-order valence-corrected chi connectivity index (χ3v) is 4.19. The maximum Gasteiger partial charge on any atom is 0.104 e. The van der Waals surface area contributed by atoms with Crippen LogP contribution in [0.25, 0.3) is 11.0 Å². The fourth-order valence-electron chi connectivity index (χ4n) is 1.67. The average Bonchev–Trinajstić information content (AvgIpc) is 2.34. The van der Waals surface area contributed by atoms with Gasteiger partial charge in [0, 0.05) is 15.1 Å². The van der Waals surface area contributed by atoms with Crippen LogP contribution in [0.4, 0.5) is 0 Å². The molecule has 0 aliphatic rings. The van der Waals surface area contributed by atoms with Gasteiger partial charge < -0.3 is 0 Å². The predicted octanol–water partition coefficient (Wildman–Crippen LogP) is 4.74. The fraction of sp³-hybridized carbons (Fsp3) is 0.385. The van der Waals surface area contributed by atoms with Gasteiger partial charge in [-0.15, -0.1) is 0 Å². The van der Waals surface area contributed by atoms with E-state index in [1.807, 2.05) is 18.3 Å². The Kier molecular flexibility index (Phi) is 4.15. The van der Waals surface area contributed by atoms with Crippen molar-refractivity contribution in [2.24, 2.45) is 5.92 Å². The van der Waals surface area contributed by atoms with Crippen LogP contribution in [0.5, 0.6) is 0 Å². The van der Waals surface area contributed by atoms with Crippen LogP contribution in [-0.4, -0.2) is 9.97 Å². The molecule has 4 heteroatoms. The molecule has 0 amide bonds. The third-order valence-electron chi connectivity index (χ3n) is 2.91. The topological polar surface area (TPSA) is 25.8 Å². The number of aromatic nitrogens is 2. The normalized spacial score (nSPS) is 12.9. The zero-order valence-corrected chi connectivity index (χ0v) is 13.0. The van der Waals surface area contributed by atoms with E-state index in [9.17, 15) is 0 Å². The van der Waals surface area contributed by atoms with Crippen molar-refractivity contribution in [2.75, 3.05) is 0 Å². The quantitative estimate of drug-likeness (QED) is 0.792. The van der Waals surface area contributed by atoms with Crippen LogP contribution in [-0.2, 0) is 6.42 Å². The van der Waals surface area contributed by atoms with Gasteiger partial charge >= 0.3 is 0 Å². The molecule has 0 fully saturated rings. The van der Waals surface area contributed by atoms with Crippen LogP contribution in [0.1, 0.15) is 26.0 Å². The Bertz CT molecular complexity index is 540. The van der Waals surface area contributed by atoms with Gasteiger partial charge in [0.05, 0.1) is 5.69 Å². The number of halogens is 2. The average molecular weight is 358 g/mol. The largest absolute Gasteiger partial charge is 0.251 e. The Morgan fingerprint density at radius 2 is 1.82 bits per heavy atom. The molecule has 1 aromatic carbocycles. The molecular formula is C13H14Br2N2. The van der Waals surface area contributed by atoms with E-state index in [0.717, 1.165) is 32.1 Å². The molecule has 2 rings (SSSR count). The molecule has 1 unspecified atom stereocenters. The van der Waals surface area contributed by atoms with Crippen molar-refractivity contribution in [2.45, 2.75) is 26.7 Å². The van der Waals surface area contributed by atoms with Gasteiger partial charge in [-0.05, 0) is 56.3 Å². The summed E-state index contributed by atoms with van der Waals surface area (Å²) in [6.07, 6.45) is 4.03. The summed E-state index contributed by atoms with van der Waals surface area (Å²) in [5.74, 6) is 0.646. The minimum atomic E-state index is 0.646. The number of nitrogens with zero attached hydrogens (tertiary/aromatic N) is 2. The number of hydrogen-bond acceptors (Lipinski definition) is 2. The molecule has 0 N–H and O–H groups in total. The monoisotopic (exact) mass is 356 g/mol. The Balaban J connectivity index is 2.46. The maximum atomic E-state index is 4.68. The SMILES string of the molecule is CCC(C)Cc1cnc2c(Br)ccc(Br)c2n1. The van der Waals surface area contributed by atoms with E-state index in [1.54, 1.807) is 0 Å². The van der Waals surface area contributed by atoms with Crippen molar-refractivity contribution in [1.82, 2.24) is 9.97 Å². The molecule has 0 saturated heterocycles. The molecule has 0 spiro atoms. The van der Waals surface area contributed by atoms with E-state index in [-0.39, 0.29) is 0 Å². The molecule has 0 bridgehead atoms. The number of hydrogen-bond donors (Lipinski definition) is 0. The van der Waals surface area contributed by atoms with Crippen molar-refractivity contribution >= 4 is 42.9 Å². The predicted molar refractivity (Wildman–Crippen MR) is 78.1 cm³/mol. The Morgan fingerprint density at radius 3 is 2.47 bits per heavy atom. The lowest BCUT2D eigenvalue weighted by molar-refractivity contribution is 0.552. The summed E-state index contributed by atoms with van der Waals surface area (Å²) in [7, 11) is 0. The number of benzene rings is 1. The van der Waals surface area contributed by atoms with Crippen LogP contribution >= 0.6 is 31.9 Å². The second-order valence-electron chi connectivity index (χ2n) is 4.31. The van der Waals surface area contributed by atoms with Crippen LogP contribution < -0.4 is 0 Å². The van der Waals surface area contributed by atoms with Crippen LogP contribution in [0.3, 0.4) is 0 Å². The van der Waals surface area contributed by atoms with E-state index in [2.05, 4.69) is 55.7 Å². The Labute approximate surface area is 118 Å². The molecule has 17 heavy (non-hydrogen) atoms.